The van der Waals surface area contributed by atoms with Crippen molar-refractivity contribution in [2.24, 2.45) is 17.6 Å². The molecule has 0 amide bonds. The molecule has 3 rings (SSSR count). The summed E-state index contributed by atoms with van der Waals surface area (Å²) >= 11 is 0. The van der Waals surface area contributed by atoms with Crippen LogP contribution in [0.1, 0.15) is 19.3 Å². The van der Waals surface area contributed by atoms with Crippen LogP contribution in [0.5, 0.6) is 0 Å². The summed E-state index contributed by atoms with van der Waals surface area (Å²) in [5.74, 6) is -0.920. The molecule has 1 saturated heterocycles. The van der Waals surface area contributed by atoms with Gasteiger partial charge in [-0.15, -0.1) is 0 Å². The molecule has 2 N–H and O–H groups in total. The number of para-hydroxylation sites is 1. The standard InChI is InChI=1S/C14H18FN3O4S/c15-11-4-2-6-13(14(11)18(19)20)23(21,22)17-7-9-3-1-5-12(16)10(9)8-17/h2,4,6,9-10,12H,1,3,5,7-8,16H2. The lowest BCUT2D eigenvalue weighted by molar-refractivity contribution is -0.390. The Morgan fingerprint density at radius 3 is 2.70 bits per heavy atom. The maximum absolute atomic E-state index is 13.7. The Kier molecular flexibility index (Phi) is 4.11. The van der Waals surface area contributed by atoms with Crippen LogP contribution in [0.2, 0.25) is 0 Å². The number of nitro groups is 1. The lowest BCUT2D eigenvalue weighted by Crippen LogP contribution is -2.38. The normalized spacial score (nSPS) is 28.5. The SMILES string of the molecule is NC1CCCC2CN(S(=O)(=O)c3cccc(F)c3[N+](=O)[O-])CC12. The zero-order valence-electron chi connectivity index (χ0n) is 12.4. The number of nitrogens with zero attached hydrogens (tertiary/aromatic N) is 2. The van der Waals surface area contributed by atoms with Gasteiger partial charge in [0.2, 0.25) is 15.8 Å². The highest BCUT2D eigenvalue weighted by molar-refractivity contribution is 7.89. The number of fused-ring (bicyclic) bond motifs is 1. The first-order chi connectivity index (χ1) is 10.8. The minimum atomic E-state index is -4.12. The van der Waals surface area contributed by atoms with E-state index in [1.807, 2.05) is 0 Å². The van der Waals surface area contributed by atoms with E-state index in [1.165, 1.54) is 10.4 Å². The van der Waals surface area contributed by atoms with Gasteiger partial charge < -0.3 is 5.73 Å². The molecule has 2 fully saturated rings. The molecule has 1 aliphatic heterocycles. The zero-order valence-corrected chi connectivity index (χ0v) is 13.2. The molecule has 0 aromatic heterocycles. The molecule has 1 aromatic carbocycles. The van der Waals surface area contributed by atoms with Crippen molar-refractivity contribution in [2.75, 3.05) is 13.1 Å². The first-order valence-corrected chi connectivity index (χ1v) is 8.95. The Morgan fingerprint density at radius 1 is 1.30 bits per heavy atom. The summed E-state index contributed by atoms with van der Waals surface area (Å²) in [5.41, 5.74) is 5.08. The van der Waals surface area contributed by atoms with Crippen LogP contribution < -0.4 is 5.73 Å². The van der Waals surface area contributed by atoms with Crippen molar-refractivity contribution in [1.82, 2.24) is 4.31 Å². The molecule has 23 heavy (non-hydrogen) atoms. The lowest BCUT2D eigenvalue weighted by atomic mass is 9.78. The van der Waals surface area contributed by atoms with Gasteiger partial charge in [-0.3, -0.25) is 10.1 Å². The predicted octanol–water partition coefficient (Wildman–Crippen LogP) is 1.48. The van der Waals surface area contributed by atoms with Gasteiger partial charge in [0, 0.05) is 19.1 Å². The van der Waals surface area contributed by atoms with Crippen LogP contribution in [0.3, 0.4) is 0 Å². The second kappa shape index (κ2) is 5.81. The third-order valence-electron chi connectivity index (χ3n) is 4.87. The summed E-state index contributed by atoms with van der Waals surface area (Å²) in [4.78, 5) is 9.49. The number of benzene rings is 1. The van der Waals surface area contributed by atoms with E-state index < -0.39 is 31.3 Å². The van der Waals surface area contributed by atoms with Crippen molar-refractivity contribution in [3.63, 3.8) is 0 Å². The van der Waals surface area contributed by atoms with Crippen LogP contribution in [0.4, 0.5) is 10.1 Å². The van der Waals surface area contributed by atoms with Gasteiger partial charge in [-0.2, -0.15) is 8.70 Å². The number of sulfonamides is 1. The highest BCUT2D eigenvalue weighted by Crippen LogP contribution is 2.39. The molecule has 3 atom stereocenters. The minimum absolute atomic E-state index is 0.0588. The van der Waals surface area contributed by atoms with Crippen molar-refractivity contribution >= 4 is 15.7 Å². The molecule has 7 nitrogen and oxygen atoms in total. The van der Waals surface area contributed by atoms with Crippen LogP contribution in [-0.4, -0.2) is 36.8 Å². The molecule has 0 bridgehead atoms. The predicted molar refractivity (Wildman–Crippen MR) is 80.6 cm³/mol. The highest BCUT2D eigenvalue weighted by Gasteiger charge is 2.45. The van der Waals surface area contributed by atoms with Crippen molar-refractivity contribution in [1.29, 1.82) is 0 Å². The van der Waals surface area contributed by atoms with Crippen LogP contribution >= 0.6 is 0 Å². The summed E-state index contributed by atoms with van der Waals surface area (Å²) in [6.45, 7) is 0.524. The molecule has 2 aliphatic rings. The number of rotatable bonds is 3. The zero-order chi connectivity index (χ0) is 16.8. The van der Waals surface area contributed by atoms with Gasteiger partial charge >= 0.3 is 5.69 Å². The summed E-state index contributed by atoms with van der Waals surface area (Å²) in [6, 6.07) is 3.08. The average Bonchev–Trinajstić information content (AvgIpc) is 2.93. The van der Waals surface area contributed by atoms with Gasteiger partial charge in [-0.25, -0.2) is 8.42 Å². The Labute approximate surface area is 133 Å². The largest absolute Gasteiger partial charge is 0.327 e. The third-order valence-corrected chi connectivity index (χ3v) is 6.73. The van der Waals surface area contributed by atoms with Gasteiger partial charge in [0.05, 0.1) is 4.92 Å². The van der Waals surface area contributed by atoms with E-state index in [9.17, 15) is 22.9 Å². The van der Waals surface area contributed by atoms with E-state index in [2.05, 4.69) is 0 Å². The van der Waals surface area contributed by atoms with Crippen molar-refractivity contribution < 1.29 is 17.7 Å². The van der Waals surface area contributed by atoms with Crippen molar-refractivity contribution in [2.45, 2.75) is 30.2 Å². The second-order valence-electron chi connectivity index (χ2n) is 6.18. The van der Waals surface area contributed by atoms with E-state index in [4.69, 9.17) is 5.73 Å². The first kappa shape index (κ1) is 16.3. The Balaban J connectivity index is 1.98. The van der Waals surface area contributed by atoms with Crippen LogP contribution in [0.15, 0.2) is 23.1 Å². The Hall–Kier alpha value is -1.58. The lowest BCUT2D eigenvalue weighted by Gasteiger charge is -2.29. The molecule has 1 aromatic rings. The van der Waals surface area contributed by atoms with Crippen LogP contribution in [0, 0.1) is 27.8 Å². The van der Waals surface area contributed by atoms with Crippen molar-refractivity contribution in [3.8, 4) is 0 Å². The fraction of sp³-hybridized carbons (Fsp3) is 0.571. The summed E-state index contributed by atoms with van der Waals surface area (Å²) in [7, 11) is -4.12. The first-order valence-electron chi connectivity index (χ1n) is 7.51. The summed E-state index contributed by atoms with van der Waals surface area (Å²) < 4.78 is 40.5. The molecule has 9 heteroatoms. The molecule has 0 radical (unpaired) electrons. The maximum atomic E-state index is 13.7. The van der Waals surface area contributed by atoms with Crippen LogP contribution in [0.25, 0.3) is 0 Å². The molecule has 126 valence electrons. The second-order valence-corrected chi connectivity index (χ2v) is 8.09. The third kappa shape index (κ3) is 2.73. The van der Waals surface area contributed by atoms with Gasteiger partial charge in [-0.1, -0.05) is 12.5 Å². The van der Waals surface area contributed by atoms with E-state index in [1.54, 1.807) is 0 Å². The Bertz CT molecular complexity index is 740. The van der Waals surface area contributed by atoms with Gasteiger partial charge in [0.1, 0.15) is 0 Å². The highest BCUT2D eigenvalue weighted by atomic mass is 32.2. The average molecular weight is 343 g/mol. The van der Waals surface area contributed by atoms with Gasteiger partial charge in [-0.05, 0) is 36.8 Å². The molecule has 1 aliphatic carbocycles. The quantitative estimate of drug-likeness (QED) is 0.661. The van der Waals surface area contributed by atoms with Crippen LogP contribution in [-0.2, 0) is 10.0 Å². The molecule has 1 heterocycles. The number of hydrogen-bond donors (Lipinski definition) is 1. The maximum Gasteiger partial charge on any atom is 0.324 e. The van der Waals surface area contributed by atoms with Gasteiger partial charge in [0.25, 0.3) is 0 Å². The molecule has 3 unspecified atom stereocenters. The summed E-state index contributed by atoms with van der Waals surface area (Å²) in [5, 5.41) is 11.1. The minimum Gasteiger partial charge on any atom is -0.327 e. The molecular formula is C14H18FN3O4S. The number of nitro benzene ring substituents is 1. The number of nitrogens with two attached hydrogens (primary N) is 1. The smallest absolute Gasteiger partial charge is 0.324 e. The fourth-order valence-electron chi connectivity index (χ4n) is 3.69. The Morgan fingerprint density at radius 2 is 2.04 bits per heavy atom. The molecule has 0 spiro atoms. The van der Waals surface area contributed by atoms with E-state index in [-0.39, 0.29) is 31.0 Å². The fourth-order valence-corrected chi connectivity index (χ4v) is 5.39. The van der Waals surface area contributed by atoms with E-state index >= 15 is 0 Å². The molecule has 1 saturated carbocycles. The van der Waals surface area contributed by atoms with Gasteiger partial charge in [0.15, 0.2) is 4.90 Å². The number of halogens is 1. The van der Waals surface area contributed by atoms with Crippen molar-refractivity contribution in [3.05, 3.63) is 34.1 Å². The van der Waals surface area contributed by atoms with E-state index in [0.29, 0.717) is 0 Å². The number of hydrogen-bond acceptors (Lipinski definition) is 5. The monoisotopic (exact) mass is 343 g/mol. The van der Waals surface area contributed by atoms with E-state index in [0.717, 1.165) is 31.4 Å². The summed E-state index contributed by atoms with van der Waals surface area (Å²) in [6.07, 6.45) is 2.71. The molecular weight excluding hydrogens is 325 g/mol. The topological polar surface area (TPSA) is 107 Å².